The Balaban J connectivity index is 3.00. The van der Waals surface area contributed by atoms with Crippen LogP contribution in [-0.4, -0.2) is 6.18 Å². The first-order valence-corrected chi connectivity index (χ1v) is 4.96. The maximum Gasteiger partial charge on any atom is 0.395 e. The molecule has 1 aromatic carbocycles. The summed E-state index contributed by atoms with van der Waals surface area (Å²) in [4.78, 5) is 0. The van der Waals surface area contributed by atoms with Crippen molar-refractivity contribution in [3.63, 3.8) is 0 Å². The molecule has 0 spiro atoms. The summed E-state index contributed by atoms with van der Waals surface area (Å²) in [7, 11) is 0. The van der Waals surface area contributed by atoms with E-state index in [0.717, 1.165) is 13.8 Å². The number of rotatable bonds is 2. The fourth-order valence-electron chi connectivity index (χ4n) is 1.18. The summed E-state index contributed by atoms with van der Waals surface area (Å²) in [6.07, 6.45) is -4.31. The van der Waals surface area contributed by atoms with Gasteiger partial charge in [-0.05, 0) is 19.4 Å². The van der Waals surface area contributed by atoms with E-state index in [1.54, 1.807) is 30.3 Å². The quantitative estimate of drug-likeness (QED) is 0.661. The molecule has 0 saturated carbocycles. The van der Waals surface area contributed by atoms with Gasteiger partial charge in [0.1, 0.15) is 0 Å². The van der Waals surface area contributed by atoms with E-state index < -0.39 is 17.0 Å². The Morgan fingerprint density at radius 1 is 1.07 bits per heavy atom. The van der Waals surface area contributed by atoms with Crippen molar-refractivity contribution >= 4 is 11.6 Å². The highest BCUT2D eigenvalue weighted by Crippen LogP contribution is 2.49. The molecule has 1 atom stereocenters. The molecule has 0 bridgehead atoms. The topological polar surface area (TPSA) is 0 Å². The van der Waals surface area contributed by atoms with Crippen LogP contribution in [0.15, 0.2) is 30.3 Å². The van der Waals surface area contributed by atoms with Crippen LogP contribution in [0.4, 0.5) is 13.2 Å². The molecule has 0 nitrogen and oxygen atoms in total. The lowest BCUT2D eigenvalue weighted by Gasteiger charge is -2.32. The summed E-state index contributed by atoms with van der Waals surface area (Å²) < 4.78 is 38.1. The van der Waals surface area contributed by atoms with Gasteiger partial charge < -0.3 is 0 Å². The molecule has 0 fully saturated rings. The molecule has 0 radical (unpaired) electrons. The molecule has 4 heteroatoms. The monoisotopic (exact) mass is 236 g/mol. The van der Waals surface area contributed by atoms with Gasteiger partial charge in [-0.2, -0.15) is 13.2 Å². The van der Waals surface area contributed by atoms with Crippen molar-refractivity contribution in [2.45, 2.75) is 25.4 Å². The van der Waals surface area contributed by atoms with Crippen molar-refractivity contribution in [1.82, 2.24) is 0 Å². The van der Waals surface area contributed by atoms with Gasteiger partial charge in [0.2, 0.25) is 0 Å². The average molecular weight is 237 g/mol. The minimum atomic E-state index is -4.31. The summed E-state index contributed by atoms with van der Waals surface area (Å²) in [6.45, 7) is 2.22. The first-order valence-electron chi connectivity index (χ1n) is 4.52. The Kier molecular flexibility index (Phi) is 3.34. The lowest BCUT2D eigenvalue weighted by molar-refractivity contribution is -0.212. The molecule has 0 aliphatic carbocycles. The van der Waals surface area contributed by atoms with Crippen LogP contribution in [-0.2, 0) is 0 Å². The van der Waals surface area contributed by atoms with E-state index in [0.29, 0.717) is 5.56 Å². The van der Waals surface area contributed by atoms with Gasteiger partial charge in [0, 0.05) is 0 Å². The van der Waals surface area contributed by atoms with Crippen LogP contribution in [0.1, 0.15) is 24.8 Å². The van der Waals surface area contributed by atoms with Gasteiger partial charge in [-0.15, -0.1) is 11.6 Å². The van der Waals surface area contributed by atoms with E-state index in [4.69, 9.17) is 11.6 Å². The summed E-state index contributed by atoms with van der Waals surface area (Å²) in [5.74, 6) is 0. The zero-order valence-corrected chi connectivity index (χ0v) is 9.23. The lowest BCUT2D eigenvalue weighted by atomic mass is 9.84. The first kappa shape index (κ1) is 12.4. The third-order valence-corrected chi connectivity index (χ3v) is 3.25. The molecule has 0 aromatic heterocycles. The highest BCUT2D eigenvalue weighted by Gasteiger charge is 2.52. The molecule has 1 rings (SSSR count). The maximum atomic E-state index is 12.7. The maximum absolute atomic E-state index is 12.7. The van der Waals surface area contributed by atoms with Crippen LogP contribution in [0.25, 0.3) is 0 Å². The smallest absolute Gasteiger partial charge is 0.170 e. The average Bonchev–Trinajstić information content (AvgIpc) is 2.16. The summed E-state index contributed by atoms with van der Waals surface area (Å²) in [5.41, 5.74) is -1.45. The molecule has 0 aliphatic heterocycles. The molecule has 0 N–H and O–H groups in total. The van der Waals surface area contributed by atoms with E-state index in [1.165, 1.54) is 0 Å². The zero-order chi connectivity index (χ0) is 11.7. The Morgan fingerprint density at radius 3 is 1.93 bits per heavy atom. The van der Waals surface area contributed by atoms with Gasteiger partial charge in [0.15, 0.2) is 0 Å². The van der Waals surface area contributed by atoms with Crippen molar-refractivity contribution in [2.75, 3.05) is 0 Å². The molecule has 15 heavy (non-hydrogen) atoms. The van der Waals surface area contributed by atoms with Crippen LogP contribution in [0, 0.1) is 5.41 Å². The predicted octanol–water partition coefficient (Wildman–Crippen LogP) is 4.56. The van der Waals surface area contributed by atoms with Gasteiger partial charge in [-0.3, -0.25) is 0 Å². The summed E-state index contributed by atoms with van der Waals surface area (Å²) in [5, 5.41) is -1.07. The highest BCUT2D eigenvalue weighted by atomic mass is 35.5. The fraction of sp³-hybridized carbons (Fsp3) is 0.455. The molecular weight excluding hydrogens is 225 g/mol. The summed E-state index contributed by atoms with van der Waals surface area (Å²) >= 11 is 5.86. The molecule has 1 aromatic rings. The second kappa shape index (κ2) is 4.05. The van der Waals surface area contributed by atoms with E-state index in [-0.39, 0.29) is 0 Å². The third kappa shape index (κ3) is 2.46. The Hall–Kier alpha value is -0.700. The van der Waals surface area contributed by atoms with Gasteiger partial charge in [0.05, 0.1) is 10.8 Å². The SMILES string of the molecule is CC(C)(C(Cl)c1ccccc1)C(F)(F)F. The van der Waals surface area contributed by atoms with E-state index >= 15 is 0 Å². The minimum absolute atomic E-state index is 0.487. The van der Waals surface area contributed by atoms with Crippen LogP contribution in [0.2, 0.25) is 0 Å². The van der Waals surface area contributed by atoms with E-state index in [1.807, 2.05) is 0 Å². The molecule has 1 unspecified atom stereocenters. The van der Waals surface area contributed by atoms with Crippen LogP contribution < -0.4 is 0 Å². The van der Waals surface area contributed by atoms with Crippen molar-refractivity contribution in [2.24, 2.45) is 5.41 Å². The van der Waals surface area contributed by atoms with E-state index in [9.17, 15) is 13.2 Å². The number of hydrogen-bond acceptors (Lipinski definition) is 0. The molecule has 0 saturated heterocycles. The molecule has 0 heterocycles. The first-order chi connectivity index (χ1) is 6.77. The van der Waals surface area contributed by atoms with Crippen molar-refractivity contribution in [1.29, 1.82) is 0 Å². The summed E-state index contributed by atoms with van der Waals surface area (Å²) in [6, 6.07) is 8.30. The number of halogens is 4. The van der Waals surface area contributed by atoms with Gasteiger partial charge in [0.25, 0.3) is 0 Å². The number of alkyl halides is 4. The molecule has 0 amide bonds. The Bertz CT molecular complexity index is 316. The van der Waals surface area contributed by atoms with Gasteiger partial charge in [-0.1, -0.05) is 30.3 Å². The lowest BCUT2D eigenvalue weighted by Crippen LogP contribution is -2.35. The number of benzene rings is 1. The normalized spacial score (nSPS) is 15.1. The zero-order valence-electron chi connectivity index (χ0n) is 8.48. The second-order valence-electron chi connectivity index (χ2n) is 3.99. The molecule has 0 aliphatic rings. The minimum Gasteiger partial charge on any atom is -0.170 e. The van der Waals surface area contributed by atoms with Crippen LogP contribution >= 0.6 is 11.6 Å². The van der Waals surface area contributed by atoms with Crippen molar-refractivity contribution in [3.05, 3.63) is 35.9 Å². The van der Waals surface area contributed by atoms with Crippen LogP contribution in [0.3, 0.4) is 0 Å². The second-order valence-corrected chi connectivity index (χ2v) is 4.43. The predicted molar refractivity (Wildman–Crippen MR) is 54.9 cm³/mol. The molecular formula is C11H12ClF3. The largest absolute Gasteiger partial charge is 0.395 e. The van der Waals surface area contributed by atoms with Gasteiger partial charge in [-0.25, -0.2) is 0 Å². The standard InChI is InChI=1S/C11H12ClF3/c1-10(2,11(13,14)15)9(12)8-6-4-3-5-7-8/h3-7,9H,1-2H3. The van der Waals surface area contributed by atoms with Crippen molar-refractivity contribution in [3.8, 4) is 0 Å². The third-order valence-electron chi connectivity index (χ3n) is 2.46. The highest BCUT2D eigenvalue weighted by molar-refractivity contribution is 6.21. The fourth-order valence-corrected chi connectivity index (χ4v) is 1.45. The van der Waals surface area contributed by atoms with Gasteiger partial charge >= 0.3 is 6.18 Å². The van der Waals surface area contributed by atoms with Crippen LogP contribution in [0.5, 0.6) is 0 Å². The Morgan fingerprint density at radius 2 is 1.53 bits per heavy atom. The molecule has 84 valence electrons. The number of hydrogen-bond donors (Lipinski definition) is 0. The van der Waals surface area contributed by atoms with Crippen molar-refractivity contribution < 1.29 is 13.2 Å². The Labute approximate surface area is 92.1 Å². The van der Waals surface area contributed by atoms with E-state index in [2.05, 4.69) is 0 Å².